The van der Waals surface area contributed by atoms with Crippen molar-refractivity contribution in [1.29, 1.82) is 0 Å². The summed E-state index contributed by atoms with van der Waals surface area (Å²) >= 11 is 0. The first kappa shape index (κ1) is 13.7. The molecule has 1 aromatic heterocycles. The lowest BCUT2D eigenvalue weighted by molar-refractivity contribution is 0.259. The zero-order valence-corrected chi connectivity index (χ0v) is 11.1. The number of aromatic nitrogens is 1. The predicted octanol–water partition coefficient (Wildman–Crippen LogP) is 2.20. The average molecular weight is 272 g/mol. The lowest BCUT2D eigenvalue weighted by atomic mass is 10.2. The number of hydrogen-bond acceptors (Lipinski definition) is 4. The molecule has 0 atom stereocenters. The highest BCUT2D eigenvalue weighted by atomic mass is 16.3. The third kappa shape index (κ3) is 3.61. The molecule has 0 bridgehead atoms. The number of urea groups is 1. The van der Waals surface area contributed by atoms with E-state index in [0.29, 0.717) is 17.9 Å². The molecule has 0 aliphatic heterocycles. The number of carbonyl (C=O) groups excluding carboxylic acids is 1. The van der Waals surface area contributed by atoms with Crippen LogP contribution in [0, 0.1) is 6.92 Å². The fraction of sp³-hybridized carbons (Fsp3) is 0.143. The van der Waals surface area contributed by atoms with Gasteiger partial charge in [0.1, 0.15) is 11.4 Å². The van der Waals surface area contributed by atoms with Crippen LogP contribution in [0.3, 0.4) is 0 Å². The SMILES string of the molecule is Cc1ccc(O)c(CNc2ccc(NC(N)=O)cc2)n1. The second kappa shape index (κ2) is 5.92. The predicted molar refractivity (Wildman–Crippen MR) is 77.6 cm³/mol. The molecule has 0 saturated carbocycles. The van der Waals surface area contributed by atoms with Crippen molar-refractivity contribution in [2.45, 2.75) is 13.5 Å². The highest BCUT2D eigenvalue weighted by molar-refractivity contribution is 5.87. The molecule has 1 aromatic carbocycles. The van der Waals surface area contributed by atoms with Crippen LogP contribution in [0.2, 0.25) is 0 Å². The van der Waals surface area contributed by atoms with Crippen LogP contribution < -0.4 is 16.4 Å². The monoisotopic (exact) mass is 272 g/mol. The van der Waals surface area contributed by atoms with Crippen molar-refractivity contribution in [3.8, 4) is 5.75 Å². The number of rotatable bonds is 4. The number of nitrogens with one attached hydrogen (secondary N) is 2. The molecule has 5 N–H and O–H groups in total. The van der Waals surface area contributed by atoms with Gasteiger partial charge in [-0.25, -0.2) is 4.79 Å². The minimum Gasteiger partial charge on any atom is -0.506 e. The van der Waals surface area contributed by atoms with Gasteiger partial charge in [0, 0.05) is 17.1 Å². The molecule has 6 heteroatoms. The third-order valence-electron chi connectivity index (χ3n) is 2.70. The Morgan fingerprint density at radius 3 is 2.50 bits per heavy atom. The van der Waals surface area contributed by atoms with E-state index in [9.17, 15) is 9.90 Å². The number of nitrogens with zero attached hydrogens (tertiary/aromatic N) is 1. The Hall–Kier alpha value is -2.76. The number of pyridine rings is 1. The number of carbonyl (C=O) groups is 1. The first-order chi connectivity index (χ1) is 9.54. The van der Waals surface area contributed by atoms with Gasteiger partial charge >= 0.3 is 6.03 Å². The zero-order chi connectivity index (χ0) is 14.5. The van der Waals surface area contributed by atoms with Gasteiger partial charge in [-0.1, -0.05) is 0 Å². The molecule has 0 fully saturated rings. The van der Waals surface area contributed by atoms with E-state index in [4.69, 9.17) is 5.73 Å². The molecular weight excluding hydrogens is 256 g/mol. The maximum Gasteiger partial charge on any atom is 0.316 e. The topological polar surface area (TPSA) is 100 Å². The quantitative estimate of drug-likeness (QED) is 0.685. The molecule has 2 rings (SSSR count). The lowest BCUT2D eigenvalue weighted by Gasteiger charge is -2.09. The van der Waals surface area contributed by atoms with E-state index >= 15 is 0 Å². The summed E-state index contributed by atoms with van der Waals surface area (Å²) < 4.78 is 0. The number of amides is 2. The van der Waals surface area contributed by atoms with Crippen molar-refractivity contribution in [3.63, 3.8) is 0 Å². The number of nitrogens with two attached hydrogens (primary N) is 1. The van der Waals surface area contributed by atoms with E-state index in [2.05, 4.69) is 15.6 Å². The number of primary amides is 1. The second-order valence-corrected chi connectivity index (χ2v) is 4.34. The molecule has 0 saturated heterocycles. The number of aryl methyl sites for hydroxylation is 1. The Labute approximate surface area is 116 Å². The molecule has 0 aliphatic rings. The van der Waals surface area contributed by atoms with Crippen LogP contribution in [0.15, 0.2) is 36.4 Å². The van der Waals surface area contributed by atoms with E-state index < -0.39 is 6.03 Å². The van der Waals surface area contributed by atoms with E-state index in [0.717, 1.165) is 11.4 Å². The van der Waals surface area contributed by atoms with Gasteiger partial charge < -0.3 is 21.5 Å². The molecule has 104 valence electrons. The van der Waals surface area contributed by atoms with Crippen LogP contribution in [0.4, 0.5) is 16.2 Å². The number of benzene rings is 1. The molecule has 0 unspecified atom stereocenters. The van der Waals surface area contributed by atoms with Crippen LogP contribution in [0.5, 0.6) is 5.75 Å². The van der Waals surface area contributed by atoms with Crippen molar-refractivity contribution in [2.75, 3.05) is 10.6 Å². The van der Waals surface area contributed by atoms with Gasteiger partial charge in [0.05, 0.1) is 6.54 Å². The number of hydrogen-bond donors (Lipinski definition) is 4. The van der Waals surface area contributed by atoms with Gasteiger partial charge in [-0.2, -0.15) is 0 Å². The fourth-order valence-electron chi connectivity index (χ4n) is 1.73. The average Bonchev–Trinajstić information content (AvgIpc) is 2.41. The minimum atomic E-state index is -0.598. The summed E-state index contributed by atoms with van der Waals surface area (Å²) in [5, 5.41) is 15.3. The number of anilines is 2. The first-order valence-corrected chi connectivity index (χ1v) is 6.10. The molecule has 2 aromatic rings. The van der Waals surface area contributed by atoms with Gasteiger partial charge in [0.25, 0.3) is 0 Å². The maximum absolute atomic E-state index is 10.7. The summed E-state index contributed by atoms with van der Waals surface area (Å²) in [5.74, 6) is 0.162. The van der Waals surface area contributed by atoms with Crippen LogP contribution >= 0.6 is 0 Å². The van der Waals surface area contributed by atoms with Crippen LogP contribution in [-0.2, 0) is 6.54 Å². The summed E-state index contributed by atoms with van der Waals surface area (Å²) in [6.45, 7) is 2.28. The molecule has 2 amide bonds. The standard InChI is InChI=1S/C14H16N4O2/c1-9-2-7-13(19)12(17-9)8-16-10-3-5-11(6-4-10)18-14(15)20/h2-7,16,19H,8H2,1H3,(H3,15,18,20). The van der Waals surface area contributed by atoms with Gasteiger partial charge in [0.15, 0.2) is 0 Å². The first-order valence-electron chi connectivity index (χ1n) is 6.10. The highest BCUT2D eigenvalue weighted by Crippen LogP contribution is 2.18. The van der Waals surface area contributed by atoms with Crippen molar-refractivity contribution >= 4 is 17.4 Å². The second-order valence-electron chi connectivity index (χ2n) is 4.34. The van der Waals surface area contributed by atoms with Gasteiger partial charge in [0.2, 0.25) is 0 Å². The van der Waals surface area contributed by atoms with E-state index in [1.165, 1.54) is 0 Å². The Morgan fingerprint density at radius 2 is 1.85 bits per heavy atom. The van der Waals surface area contributed by atoms with Gasteiger partial charge in [-0.3, -0.25) is 4.98 Å². The largest absolute Gasteiger partial charge is 0.506 e. The minimum absolute atomic E-state index is 0.162. The van der Waals surface area contributed by atoms with Crippen molar-refractivity contribution < 1.29 is 9.90 Å². The van der Waals surface area contributed by atoms with Gasteiger partial charge in [-0.05, 0) is 43.3 Å². The van der Waals surface area contributed by atoms with Crippen LogP contribution in [0.25, 0.3) is 0 Å². The Balaban J connectivity index is 2.00. The maximum atomic E-state index is 10.7. The summed E-state index contributed by atoms with van der Waals surface area (Å²) in [6, 6.07) is 9.85. The zero-order valence-electron chi connectivity index (χ0n) is 11.1. The summed E-state index contributed by atoms with van der Waals surface area (Å²) in [4.78, 5) is 15.0. The van der Waals surface area contributed by atoms with E-state index in [-0.39, 0.29) is 5.75 Å². The van der Waals surface area contributed by atoms with E-state index in [1.807, 2.05) is 6.92 Å². The van der Waals surface area contributed by atoms with Crippen molar-refractivity contribution in [1.82, 2.24) is 4.98 Å². The lowest BCUT2D eigenvalue weighted by Crippen LogP contribution is -2.19. The van der Waals surface area contributed by atoms with Gasteiger partial charge in [-0.15, -0.1) is 0 Å². The molecule has 6 nitrogen and oxygen atoms in total. The Bertz CT molecular complexity index is 611. The molecular formula is C14H16N4O2. The summed E-state index contributed by atoms with van der Waals surface area (Å²) in [6.07, 6.45) is 0. The summed E-state index contributed by atoms with van der Waals surface area (Å²) in [5.41, 5.74) is 7.94. The van der Waals surface area contributed by atoms with Crippen molar-refractivity contribution in [2.24, 2.45) is 5.73 Å². The van der Waals surface area contributed by atoms with Crippen LogP contribution in [0.1, 0.15) is 11.4 Å². The fourth-order valence-corrected chi connectivity index (χ4v) is 1.73. The normalized spacial score (nSPS) is 10.1. The third-order valence-corrected chi connectivity index (χ3v) is 2.70. The van der Waals surface area contributed by atoms with E-state index in [1.54, 1.807) is 36.4 Å². The smallest absolute Gasteiger partial charge is 0.316 e. The Morgan fingerprint density at radius 1 is 1.20 bits per heavy atom. The van der Waals surface area contributed by atoms with Crippen molar-refractivity contribution in [3.05, 3.63) is 47.8 Å². The highest BCUT2D eigenvalue weighted by Gasteiger charge is 2.03. The molecule has 0 aliphatic carbocycles. The molecule has 20 heavy (non-hydrogen) atoms. The number of aromatic hydroxyl groups is 1. The molecule has 0 radical (unpaired) electrons. The molecule has 1 heterocycles. The van der Waals surface area contributed by atoms with Crippen LogP contribution in [-0.4, -0.2) is 16.1 Å². The Kier molecular flexibility index (Phi) is 4.05. The molecule has 0 spiro atoms. The summed E-state index contributed by atoms with van der Waals surface area (Å²) in [7, 11) is 0.